The Morgan fingerprint density at radius 2 is 2.42 bits per heavy atom. The number of hydrogen-bond acceptors (Lipinski definition) is 3. The fourth-order valence-electron chi connectivity index (χ4n) is 0.789. The maximum Gasteiger partial charge on any atom is 0.303 e. The minimum Gasteiger partial charge on any atom is -0.454 e. The van der Waals surface area contributed by atoms with Crippen molar-refractivity contribution in [2.24, 2.45) is 0 Å². The summed E-state index contributed by atoms with van der Waals surface area (Å²) >= 11 is 0. The number of ether oxygens (including phenoxy) is 1. The normalized spacial score (nSPS) is 9.42. The Hall–Kier alpha value is -1.58. The van der Waals surface area contributed by atoms with Crippen LogP contribution in [0.15, 0.2) is 24.4 Å². The first-order valence-corrected chi connectivity index (χ1v) is 3.58. The number of carbonyl (C=O) groups excluding carboxylic acids is 1. The molecule has 0 radical (unpaired) electrons. The van der Waals surface area contributed by atoms with Gasteiger partial charge in [0.05, 0.1) is 0 Å². The molecule has 64 valence electrons. The van der Waals surface area contributed by atoms with Crippen LogP contribution in [-0.2, 0) is 16.1 Å². The summed E-state index contributed by atoms with van der Waals surface area (Å²) in [5.74, 6) is 5.23. The summed E-state index contributed by atoms with van der Waals surface area (Å²) in [4.78, 5) is 10.5. The molecule has 0 unspecified atom stereocenters. The fraction of sp³-hybridized carbons (Fsp3) is 0.250. The summed E-state index contributed by atoms with van der Waals surface area (Å²) in [6, 6.07) is 5.43. The molecule has 4 nitrogen and oxygen atoms in total. The Morgan fingerprint density at radius 1 is 1.67 bits per heavy atom. The zero-order valence-electron chi connectivity index (χ0n) is 6.86. The van der Waals surface area contributed by atoms with Gasteiger partial charge in [0.25, 0.3) is 0 Å². The van der Waals surface area contributed by atoms with E-state index in [1.807, 2.05) is 6.07 Å². The summed E-state index contributed by atoms with van der Waals surface area (Å²) in [6.07, 6.45) is 1.69. The van der Waals surface area contributed by atoms with Gasteiger partial charge < -0.3 is 4.74 Å². The van der Waals surface area contributed by atoms with E-state index in [2.05, 4.69) is 0 Å². The van der Waals surface area contributed by atoms with E-state index in [9.17, 15) is 4.79 Å². The van der Waals surface area contributed by atoms with Gasteiger partial charge in [-0.05, 0) is 6.07 Å². The molecule has 1 aromatic heterocycles. The first kappa shape index (κ1) is 8.52. The van der Waals surface area contributed by atoms with Crippen LogP contribution in [-0.4, -0.2) is 5.97 Å². The van der Waals surface area contributed by atoms with E-state index in [-0.39, 0.29) is 12.6 Å². The monoisotopic (exact) mass is 167 g/mol. The van der Waals surface area contributed by atoms with Crippen LogP contribution in [0.1, 0.15) is 12.6 Å². The van der Waals surface area contributed by atoms with Crippen molar-refractivity contribution in [2.45, 2.75) is 13.5 Å². The first-order chi connectivity index (χ1) is 5.70. The van der Waals surface area contributed by atoms with Crippen molar-refractivity contribution >= 4 is 5.97 Å². The lowest BCUT2D eigenvalue weighted by molar-refractivity contribution is -0.649. The van der Waals surface area contributed by atoms with Gasteiger partial charge in [-0.15, -0.1) is 0 Å². The van der Waals surface area contributed by atoms with Gasteiger partial charge in [-0.2, -0.15) is 0 Å². The van der Waals surface area contributed by atoms with E-state index < -0.39 is 0 Å². The van der Waals surface area contributed by atoms with E-state index in [1.165, 1.54) is 11.6 Å². The van der Waals surface area contributed by atoms with Gasteiger partial charge in [0.2, 0.25) is 5.69 Å². The van der Waals surface area contributed by atoms with Gasteiger partial charge in [0, 0.05) is 19.1 Å². The number of esters is 1. The van der Waals surface area contributed by atoms with Crippen molar-refractivity contribution in [3.05, 3.63) is 30.1 Å². The number of nitrogens with zero attached hydrogens (tertiary/aromatic N) is 1. The number of nitrogens with two attached hydrogens (primary N) is 1. The Morgan fingerprint density at radius 3 is 3.00 bits per heavy atom. The second-order valence-electron chi connectivity index (χ2n) is 2.38. The van der Waals surface area contributed by atoms with Crippen LogP contribution in [0.2, 0.25) is 0 Å². The lowest BCUT2D eigenvalue weighted by Crippen LogP contribution is -2.47. The smallest absolute Gasteiger partial charge is 0.303 e. The number of hydrogen-bond donors (Lipinski definition) is 1. The average molecular weight is 167 g/mol. The number of carbonyl (C=O) groups is 1. The molecule has 0 amide bonds. The number of aromatic nitrogens is 1. The van der Waals surface area contributed by atoms with Crippen LogP contribution in [0.5, 0.6) is 0 Å². The Balaban J connectivity index is 2.63. The molecule has 1 rings (SSSR count). The molecule has 0 bridgehead atoms. The highest BCUT2D eigenvalue weighted by atomic mass is 16.5. The van der Waals surface area contributed by atoms with E-state index in [0.717, 1.165) is 5.69 Å². The lowest BCUT2D eigenvalue weighted by Gasteiger charge is -1.98. The minimum absolute atomic E-state index is 0.215. The fourth-order valence-corrected chi connectivity index (χ4v) is 0.789. The molecule has 0 fully saturated rings. The van der Waals surface area contributed by atoms with Crippen molar-refractivity contribution in [1.82, 2.24) is 0 Å². The van der Waals surface area contributed by atoms with Gasteiger partial charge in [0.1, 0.15) is 0 Å². The quantitative estimate of drug-likeness (QED) is 0.375. The molecule has 0 atom stereocenters. The number of pyridine rings is 1. The zero-order chi connectivity index (χ0) is 8.97. The third-order valence-electron chi connectivity index (χ3n) is 1.40. The van der Waals surface area contributed by atoms with Crippen molar-refractivity contribution in [3.8, 4) is 0 Å². The Bertz CT molecular complexity index is 286. The topological polar surface area (TPSA) is 56.2 Å². The highest BCUT2D eigenvalue weighted by Gasteiger charge is 2.06. The van der Waals surface area contributed by atoms with Crippen LogP contribution in [0.25, 0.3) is 0 Å². The predicted octanol–water partition coefficient (Wildman–Crippen LogP) is -0.249. The van der Waals surface area contributed by atoms with Gasteiger partial charge in [-0.25, -0.2) is 5.84 Å². The van der Waals surface area contributed by atoms with E-state index in [4.69, 9.17) is 10.6 Å². The molecule has 1 heterocycles. The summed E-state index contributed by atoms with van der Waals surface area (Å²) in [5, 5.41) is 0. The van der Waals surface area contributed by atoms with Crippen LogP contribution >= 0.6 is 0 Å². The minimum atomic E-state index is -0.307. The summed E-state index contributed by atoms with van der Waals surface area (Å²) in [7, 11) is 0. The van der Waals surface area contributed by atoms with Crippen molar-refractivity contribution < 1.29 is 14.2 Å². The number of rotatable bonds is 2. The van der Waals surface area contributed by atoms with E-state index in [1.54, 1.807) is 18.3 Å². The maximum atomic E-state index is 10.5. The summed E-state index contributed by atoms with van der Waals surface area (Å²) in [5.41, 5.74) is 0.757. The average Bonchev–Trinajstić information content (AvgIpc) is 2.03. The standard InChI is InChI=1S/C8H11N2O2/c1-7(11)12-6-8-4-2-3-5-10(8)9/h2-5H,6,9H2,1H3/q+1. The van der Waals surface area contributed by atoms with E-state index in [0.29, 0.717) is 0 Å². The van der Waals surface area contributed by atoms with Crippen molar-refractivity contribution in [2.75, 3.05) is 5.84 Å². The second kappa shape index (κ2) is 3.71. The first-order valence-electron chi connectivity index (χ1n) is 3.58. The third kappa shape index (κ3) is 2.23. The molecule has 4 heteroatoms. The van der Waals surface area contributed by atoms with Gasteiger partial charge in [-0.3, -0.25) is 4.79 Å². The van der Waals surface area contributed by atoms with Crippen LogP contribution in [0, 0.1) is 0 Å². The molecular weight excluding hydrogens is 156 g/mol. The molecule has 0 aromatic carbocycles. The highest BCUT2D eigenvalue weighted by molar-refractivity contribution is 5.65. The lowest BCUT2D eigenvalue weighted by atomic mass is 10.4. The van der Waals surface area contributed by atoms with E-state index >= 15 is 0 Å². The summed E-state index contributed by atoms with van der Waals surface area (Å²) < 4.78 is 6.19. The zero-order valence-corrected chi connectivity index (χ0v) is 6.86. The molecule has 2 N–H and O–H groups in total. The molecule has 0 saturated carbocycles. The predicted molar refractivity (Wildman–Crippen MR) is 42.3 cm³/mol. The van der Waals surface area contributed by atoms with Gasteiger partial charge in [-0.1, -0.05) is 4.68 Å². The molecule has 12 heavy (non-hydrogen) atoms. The Labute approximate surface area is 70.5 Å². The van der Waals surface area contributed by atoms with Crippen LogP contribution < -0.4 is 10.5 Å². The van der Waals surface area contributed by atoms with Gasteiger partial charge >= 0.3 is 5.97 Å². The SMILES string of the molecule is CC(=O)OCc1cccc[n+]1N. The van der Waals surface area contributed by atoms with Crippen molar-refractivity contribution in [3.63, 3.8) is 0 Å². The molecule has 0 aliphatic rings. The molecule has 1 aromatic rings. The Kier molecular flexibility index (Phi) is 2.63. The maximum absolute atomic E-state index is 10.5. The van der Waals surface area contributed by atoms with Gasteiger partial charge in [0.15, 0.2) is 12.8 Å². The molecule has 0 aliphatic heterocycles. The second-order valence-corrected chi connectivity index (χ2v) is 2.38. The highest BCUT2D eigenvalue weighted by Crippen LogP contribution is 1.92. The number of nitrogen functional groups attached to an aromatic ring is 1. The molecule has 0 spiro atoms. The molecular formula is C8H11N2O2+. The molecule has 0 aliphatic carbocycles. The van der Waals surface area contributed by atoms with Crippen LogP contribution in [0.3, 0.4) is 0 Å². The molecule has 0 saturated heterocycles. The largest absolute Gasteiger partial charge is 0.454 e. The van der Waals surface area contributed by atoms with Crippen molar-refractivity contribution in [1.29, 1.82) is 0 Å². The summed E-state index contributed by atoms with van der Waals surface area (Å²) in [6.45, 7) is 1.58. The van der Waals surface area contributed by atoms with Crippen LogP contribution in [0.4, 0.5) is 0 Å². The third-order valence-corrected chi connectivity index (χ3v) is 1.40.